The Morgan fingerprint density at radius 1 is 1.41 bits per heavy atom. The molecule has 0 saturated carbocycles. The molecule has 0 aromatic heterocycles. The van der Waals surface area contributed by atoms with Crippen LogP contribution in [-0.2, 0) is 0 Å². The molecule has 1 fully saturated rings. The van der Waals surface area contributed by atoms with E-state index in [4.69, 9.17) is 4.74 Å². The average molecular weight is 302 g/mol. The highest BCUT2D eigenvalue weighted by Crippen LogP contribution is 2.29. The van der Waals surface area contributed by atoms with Crippen molar-refractivity contribution in [2.45, 2.75) is 39.2 Å². The van der Waals surface area contributed by atoms with Crippen molar-refractivity contribution in [1.29, 1.82) is 0 Å². The summed E-state index contributed by atoms with van der Waals surface area (Å²) >= 11 is 0. The van der Waals surface area contributed by atoms with Gasteiger partial charge in [0.15, 0.2) is 5.78 Å². The van der Waals surface area contributed by atoms with Crippen LogP contribution in [0.15, 0.2) is 18.2 Å². The number of nitrogens with zero attached hydrogens (tertiary/aromatic N) is 1. The molecule has 3 rings (SSSR count). The van der Waals surface area contributed by atoms with Crippen molar-refractivity contribution in [2.24, 2.45) is 5.92 Å². The Morgan fingerprint density at radius 2 is 2.18 bits per heavy atom. The lowest BCUT2D eigenvalue weighted by atomic mass is 9.94. The first-order valence-electron chi connectivity index (χ1n) is 8.48. The second-order valence-electron chi connectivity index (χ2n) is 6.49. The highest BCUT2D eigenvalue weighted by molar-refractivity contribution is 6.01. The minimum atomic E-state index is 0.00931. The van der Waals surface area contributed by atoms with Gasteiger partial charge in [-0.15, -0.1) is 0 Å². The fourth-order valence-corrected chi connectivity index (χ4v) is 3.44. The van der Waals surface area contributed by atoms with Crippen LogP contribution < -0.4 is 10.1 Å². The van der Waals surface area contributed by atoms with Gasteiger partial charge in [-0.3, -0.25) is 9.69 Å². The van der Waals surface area contributed by atoms with Crippen LogP contribution >= 0.6 is 0 Å². The second-order valence-corrected chi connectivity index (χ2v) is 6.49. The number of likely N-dealkylation sites (tertiary alicyclic amines) is 1. The van der Waals surface area contributed by atoms with Gasteiger partial charge in [0.25, 0.3) is 0 Å². The van der Waals surface area contributed by atoms with Gasteiger partial charge in [-0.2, -0.15) is 0 Å². The average Bonchev–Trinajstić information content (AvgIpc) is 2.56. The van der Waals surface area contributed by atoms with Gasteiger partial charge >= 0.3 is 0 Å². The van der Waals surface area contributed by atoms with Crippen LogP contribution in [0.1, 0.15) is 43.5 Å². The van der Waals surface area contributed by atoms with E-state index in [1.165, 1.54) is 12.8 Å². The molecule has 1 N–H and O–H groups in total. The van der Waals surface area contributed by atoms with Gasteiger partial charge in [-0.05, 0) is 56.5 Å². The van der Waals surface area contributed by atoms with E-state index in [0.717, 1.165) is 49.0 Å². The Bertz CT molecular complexity index is 536. The van der Waals surface area contributed by atoms with Crippen molar-refractivity contribution >= 4 is 11.5 Å². The van der Waals surface area contributed by atoms with E-state index in [-0.39, 0.29) is 11.8 Å². The number of ether oxygens (including phenoxy) is 1. The number of carbonyl (C=O) groups excluding carboxylic acids is 1. The van der Waals surface area contributed by atoms with E-state index >= 15 is 0 Å². The number of rotatable bonds is 4. The first kappa shape index (κ1) is 15.3. The van der Waals surface area contributed by atoms with Crippen molar-refractivity contribution in [3.8, 4) is 5.75 Å². The number of carbonyl (C=O) groups is 1. The molecule has 1 atom stereocenters. The van der Waals surface area contributed by atoms with Crippen LogP contribution in [0.4, 0.5) is 5.69 Å². The number of anilines is 1. The Kier molecular flexibility index (Phi) is 4.67. The lowest BCUT2D eigenvalue weighted by Gasteiger charge is -2.35. The molecule has 0 bridgehead atoms. The van der Waals surface area contributed by atoms with E-state index in [2.05, 4.69) is 24.1 Å². The summed E-state index contributed by atoms with van der Waals surface area (Å²) in [6.45, 7) is 7.97. The number of piperidine rings is 1. The van der Waals surface area contributed by atoms with Crippen molar-refractivity contribution in [3.63, 3.8) is 0 Å². The Balaban J connectivity index is 1.76. The Hall–Kier alpha value is -1.55. The predicted octanol–water partition coefficient (Wildman–Crippen LogP) is 3.18. The third kappa shape index (κ3) is 3.12. The molecule has 22 heavy (non-hydrogen) atoms. The molecule has 1 aromatic carbocycles. The highest BCUT2D eigenvalue weighted by atomic mass is 16.5. The van der Waals surface area contributed by atoms with Crippen LogP contribution in [0.25, 0.3) is 0 Å². The van der Waals surface area contributed by atoms with Crippen LogP contribution in [0.3, 0.4) is 0 Å². The topological polar surface area (TPSA) is 41.6 Å². The number of fused-ring (bicyclic) bond motifs is 1. The predicted molar refractivity (Wildman–Crippen MR) is 88.8 cm³/mol. The van der Waals surface area contributed by atoms with Gasteiger partial charge in [0.2, 0.25) is 0 Å². The molecule has 0 spiro atoms. The van der Waals surface area contributed by atoms with Gasteiger partial charge in [0.05, 0.1) is 11.7 Å². The van der Waals surface area contributed by atoms with Gasteiger partial charge in [-0.1, -0.05) is 13.8 Å². The fraction of sp³-hybridized carbons (Fsp3) is 0.611. The molecule has 0 amide bonds. The number of nitrogens with one attached hydrogen (secondary N) is 1. The number of hydrogen-bond acceptors (Lipinski definition) is 4. The zero-order valence-corrected chi connectivity index (χ0v) is 13.6. The zero-order chi connectivity index (χ0) is 15.5. The summed E-state index contributed by atoms with van der Waals surface area (Å²) in [6, 6.07) is 5.78. The first-order chi connectivity index (χ1) is 10.7. The molecule has 0 aliphatic carbocycles. The largest absolute Gasteiger partial charge is 0.490 e. The molecular weight excluding hydrogens is 276 g/mol. The lowest BCUT2D eigenvalue weighted by molar-refractivity contribution is 0.0743. The summed E-state index contributed by atoms with van der Waals surface area (Å²) < 4.78 is 5.59. The van der Waals surface area contributed by atoms with Crippen LogP contribution in [0.2, 0.25) is 0 Å². The minimum absolute atomic E-state index is 0.00931. The number of hydrogen-bond donors (Lipinski definition) is 1. The van der Waals surface area contributed by atoms with Gasteiger partial charge < -0.3 is 10.1 Å². The molecule has 1 unspecified atom stereocenters. The first-order valence-corrected chi connectivity index (χ1v) is 8.48. The van der Waals surface area contributed by atoms with Crippen LogP contribution in [0.5, 0.6) is 5.75 Å². The summed E-state index contributed by atoms with van der Waals surface area (Å²) in [4.78, 5) is 15.3. The van der Waals surface area contributed by atoms with Crippen molar-refractivity contribution in [3.05, 3.63) is 23.8 Å². The van der Waals surface area contributed by atoms with E-state index in [0.29, 0.717) is 6.61 Å². The molecule has 4 heteroatoms. The van der Waals surface area contributed by atoms with Gasteiger partial charge in [0.1, 0.15) is 12.4 Å². The summed E-state index contributed by atoms with van der Waals surface area (Å²) in [5.74, 6) is 1.88. The van der Waals surface area contributed by atoms with Crippen LogP contribution in [-0.4, -0.2) is 43.0 Å². The van der Waals surface area contributed by atoms with Gasteiger partial charge in [0, 0.05) is 12.1 Å². The molecule has 2 heterocycles. The molecule has 1 saturated heterocycles. The smallest absolute Gasteiger partial charge is 0.180 e. The third-order valence-electron chi connectivity index (χ3n) is 4.89. The van der Waals surface area contributed by atoms with E-state index < -0.39 is 0 Å². The number of benzene rings is 1. The Labute approximate surface area is 132 Å². The van der Waals surface area contributed by atoms with Crippen molar-refractivity contribution < 1.29 is 9.53 Å². The van der Waals surface area contributed by atoms with Crippen molar-refractivity contribution in [1.82, 2.24) is 4.90 Å². The summed E-state index contributed by atoms with van der Waals surface area (Å²) in [5.41, 5.74) is 1.74. The number of ketones is 1. The summed E-state index contributed by atoms with van der Waals surface area (Å²) in [7, 11) is 0. The van der Waals surface area contributed by atoms with E-state index in [1.54, 1.807) is 0 Å². The molecule has 1 aromatic rings. The molecule has 120 valence electrons. The summed E-state index contributed by atoms with van der Waals surface area (Å²) in [6.07, 6.45) is 3.26. The zero-order valence-electron chi connectivity index (χ0n) is 13.6. The maximum absolute atomic E-state index is 12.9. The molecule has 2 aliphatic rings. The standard InChI is InChI=1S/C18H26N2O2/c1-3-16(20-9-6-13(2)7-10-20)18(21)14-4-5-17-15(12-14)19-8-11-22-17/h4-5,12-13,16,19H,3,6-11H2,1-2H3. The third-order valence-corrected chi connectivity index (χ3v) is 4.89. The second kappa shape index (κ2) is 6.69. The normalized spacial score (nSPS) is 20.6. The molecular formula is C18H26N2O2. The van der Waals surface area contributed by atoms with Crippen molar-refractivity contribution in [2.75, 3.05) is 31.6 Å². The Morgan fingerprint density at radius 3 is 2.91 bits per heavy atom. The molecule has 2 aliphatic heterocycles. The maximum Gasteiger partial charge on any atom is 0.180 e. The van der Waals surface area contributed by atoms with E-state index in [1.807, 2.05) is 18.2 Å². The summed E-state index contributed by atoms with van der Waals surface area (Å²) in [5, 5.41) is 3.31. The molecule has 4 nitrogen and oxygen atoms in total. The van der Waals surface area contributed by atoms with E-state index in [9.17, 15) is 4.79 Å². The van der Waals surface area contributed by atoms with Gasteiger partial charge in [-0.25, -0.2) is 0 Å². The fourth-order valence-electron chi connectivity index (χ4n) is 3.44. The number of Topliss-reactive ketones (excluding diaryl/α,β-unsaturated/α-hetero) is 1. The monoisotopic (exact) mass is 302 g/mol. The minimum Gasteiger partial charge on any atom is -0.490 e. The van der Waals surface area contributed by atoms with Crippen LogP contribution in [0, 0.1) is 5.92 Å². The maximum atomic E-state index is 12.9. The SMILES string of the molecule is CCC(C(=O)c1ccc2c(c1)NCCO2)N1CCC(C)CC1. The highest BCUT2D eigenvalue weighted by Gasteiger charge is 2.28. The molecule has 0 radical (unpaired) electrons. The lowest BCUT2D eigenvalue weighted by Crippen LogP contribution is -2.45. The quantitative estimate of drug-likeness (QED) is 0.867.